The summed E-state index contributed by atoms with van der Waals surface area (Å²) in [6, 6.07) is 18.8. The largest absolute Gasteiger partial charge is 0.307 e. The molecular formula is C32H33N2+. The highest BCUT2D eigenvalue weighted by molar-refractivity contribution is 6.26. The lowest BCUT2D eigenvalue weighted by atomic mass is 9.71. The van der Waals surface area contributed by atoms with Gasteiger partial charge in [-0.3, -0.25) is 0 Å². The van der Waals surface area contributed by atoms with Gasteiger partial charge in [-0.15, -0.1) is 0 Å². The van der Waals surface area contributed by atoms with E-state index in [-0.39, 0.29) is 0 Å². The zero-order valence-electron chi connectivity index (χ0n) is 21.0. The van der Waals surface area contributed by atoms with Gasteiger partial charge >= 0.3 is 0 Å². The van der Waals surface area contributed by atoms with Gasteiger partial charge in [0.05, 0.1) is 27.3 Å². The van der Waals surface area contributed by atoms with Crippen molar-refractivity contribution in [1.82, 2.24) is 4.40 Å². The average molecular weight is 446 g/mol. The molecule has 3 heterocycles. The highest BCUT2D eigenvalue weighted by Crippen LogP contribution is 2.46. The summed E-state index contributed by atoms with van der Waals surface area (Å²) in [5.74, 6) is 0.657. The summed E-state index contributed by atoms with van der Waals surface area (Å²) in [6.07, 6.45) is 7.49. The van der Waals surface area contributed by atoms with Crippen LogP contribution >= 0.6 is 0 Å². The van der Waals surface area contributed by atoms with E-state index in [1.54, 1.807) is 0 Å². The predicted molar refractivity (Wildman–Crippen MR) is 144 cm³/mol. The number of aryl methyl sites for hydroxylation is 3. The molecule has 0 saturated heterocycles. The van der Waals surface area contributed by atoms with E-state index in [0.717, 1.165) is 0 Å². The fourth-order valence-corrected chi connectivity index (χ4v) is 6.85. The topological polar surface area (TPSA) is 8.29 Å². The zero-order valence-corrected chi connectivity index (χ0v) is 21.0. The molecule has 0 N–H and O–H groups in total. The van der Waals surface area contributed by atoms with Crippen molar-refractivity contribution in [2.75, 3.05) is 0 Å². The molecule has 6 aromatic rings. The van der Waals surface area contributed by atoms with E-state index in [4.69, 9.17) is 0 Å². The van der Waals surface area contributed by atoms with E-state index in [1.165, 1.54) is 91.4 Å². The molecule has 1 aliphatic rings. The molecule has 2 nitrogen and oxygen atoms in total. The Morgan fingerprint density at radius 3 is 2.44 bits per heavy atom. The van der Waals surface area contributed by atoms with Gasteiger partial charge in [0, 0.05) is 16.8 Å². The highest BCUT2D eigenvalue weighted by atomic mass is 15.0. The molecule has 0 amide bonds. The van der Waals surface area contributed by atoms with Gasteiger partial charge in [0.25, 0.3) is 0 Å². The van der Waals surface area contributed by atoms with Crippen molar-refractivity contribution in [3.8, 4) is 0 Å². The maximum atomic E-state index is 2.58. The molecular weight excluding hydrogens is 412 g/mol. The third-order valence-electron chi connectivity index (χ3n) is 9.00. The molecule has 0 bridgehead atoms. The quantitative estimate of drug-likeness (QED) is 0.137. The van der Waals surface area contributed by atoms with E-state index in [2.05, 4.69) is 98.4 Å². The van der Waals surface area contributed by atoms with Gasteiger partial charge in [0.15, 0.2) is 6.20 Å². The predicted octanol–water partition coefficient (Wildman–Crippen LogP) is 8.12. The lowest BCUT2D eigenvalue weighted by Crippen LogP contribution is -2.29. The second-order valence-corrected chi connectivity index (χ2v) is 11.7. The van der Waals surface area contributed by atoms with Crippen molar-refractivity contribution in [2.45, 2.75) is 59.3 Å². The Labute approximate surface area is 201 Å². The Morgan fingerprint density at radius 1 is 0.882 bits per heavy atom. The van der Waals surface area contributed by atoms with Gasteiger partial charge < -0.3 is 4.40 Å². The van der Waals surface area contributed by atoms with Crippen molar-refractivity contribution in [1.29, 1.82) is 0 Å². The second-order valence-electron chi connectivity index (χ2n) is 11.7. The molecule has 0 unspecified atom stereocenters. The minimum Gasteiger partial charge on any atom is -0.307 e. The van der Waals surface area contributed by atoms with Crippen LogP contribution in [0.15, 0.2) is 54.7 Å². The second kappa shape index (κ2) is 6.72. The van der Waals surface area contributed by atoms with E-state index >= 15 is 0 Å². The molecule has 0 atom stereocenters. The smallest absolute Gasteiger partial charge is 0.224 e. The van der Waals surface area contributed by atoms with E-state index < -0.39 is 0 Å². The summed E-state index contributed by atoms with van der Waals surface area (Å²) < 4.78 is 4.93. The van der Waals surface area contributed by atoms with Crippen LogP contribution < -0.4 is 4.57 Å². The summed E-state index contributed by atoms with van der Waals surface area (Å²) in [5, 5.41) is 6.91. The molecule has 7 rings (SSSR count). The fourth-order valence-electron chi connectivity index (χ4n) is 6.85. The molecule has 170 valence electrons. The Bertz CT molecular complexity index is 1760. The van der Waals surface area contributed by atoms with Gasteiger partial charge in [-0.1, -0.05) is 38.1 Å². The standard InChI is InChI=1S/C32H33N2/c1-19-16-25-24-8-6-7-9-26(24)34-27-18-23(21-10-13-32(3,4)14-11-21)17-22-12-15-33(5)31(29(22)27)28(20(19)2)30(25)34/h6-9,12,15-18,21H,10-11,13-14H2,1-5H3/q+1. The number of benzene rings is 3. The van der Waals surface area contributed by atoms with Crippen LogP contribution in [0.4, 0.5) is 0 Å². The van der Waals surface area contributed by atoms with Crippen molar-refractivity contribution in [3.05, 3.63) is 71.4 Å². The number of pyridine rings is 2. The lowest BCUT2D eigenvalue weighted by Gasteiger charge is -2.34. The zero-order chi connectivity index (χ0) is 23.4. The van der Waals surface area contributed by atoms with Crippen LogP contribution in [0.5, 0.6) is 0 Å². The lowest BCUT2D eigenvalue weighted by molar-refractivity contribution is -0.643. The number of para-hydroxylation sites is 1. The molecule has 1 aliphatic carbocycles. The number of fused-ring (bicyclic) bond motifs is 5. The fraction of sp³-hybridized carbons (Fsp3) is 0.344. The van der Waals surface area contributed by atoms with Crippen molar-refractivity contribution in [3.63, 3.8) is 0 Å². The van der Waals surface area contributed by atoms with Gasteiger partial charge in [-0.25, -0.2) is 4.57 Å². The Hall–Kier alpha value is -3.13. The highest BCUT2D eigenvalue weighted by Gasteiger charge is 2.30. The van der Waals surface area contributed by atoms with E-state index in [1.807, 2.05) is 0 Å². The van der Waals surface area contributed by atoms with Crippen molar-refractivity contribution < 1.29 is 4.57 Å². The molecule has 0 spiro atoms. The van der Waals surface area contributed by atoms with Crippen LogP contribution in [0.1, 0.15) is 62.1 Å². The van der Waals surface area contributed by atoms with Crippen LogP contribution in [0.3, 0.4) is 0 Å². The molecule has 0 radical (unpaired) electrons. The van der Waals surface area contributed by atoms with Crippen LogP contribution in [0, 0.1) is 19.3 Å². The first-order chi connectivity index (χ1) is 16.3. The molecule has 34 heavy (non-hydrogen) atoms. The number of aromatic nitrogens is 2. The summed E-state index contributed by atoms with van der Waals surface area (Å²) in [4.78, 5) is 0. The number of hydrogen-bond acceptors (Lipinski definition) is 0. The molecule has 1 fully saturated rings. The van der Waals surface area contributed by atoms with Crippen LogP contribution in [-0.4, -0.2) is 4.40 Å². The third kappa shape index (κ3) is 2.60. The number of rotatable bonds is 1. The maximum Gasteiger partial charge on any atom is 0.224 e. The summed E-state index contributed by atoms with van der Waals surface area (Å²) >= 11 is 0. The molecule has 3 aromatic carbocycles. The Morgan fingerprint density at radius 2 is 1.65 bits per heavy atom. The molecule has 0 aliphatic heterocycles. The van der Waals surface area contributed by atoms with Gasteiger partial charge in [0.1, 0.15) is 7.05 Å². The van der Waals surface area contributed by atoms with E-state index in [9.17, 15) is 0 Å². The van der Waals surface area contributed by atoms with Crippen molar-refractivity contribution >= 4 is 49.0 Å². The van der Waals surface area contributed by atoms with E-state index in [0.29, 0.717) is 11.3 Å². The van der Waals surface area contributed by atoms with Crippen molar-refractivity contribution in [2.24, 2.45) is 12.5 Å². The Kier molecular flexibility index (Phi) is 4.00. The normalized spacial score (nSPS) is 17.2. The molecule has 2 heteroatoms. The average Bonchev–Trinajstić information content (AvgIpc) is 3.14. The summed E-state index contributed by atoms with van der Waals surface area (Å²) in [7, 11) is 2.21. The van der Waals surface area contributed by atoms with Gasteiger partial charge in [-0.2, -0.15) is 0 Å². The summed E-state index contributed by atoms with van der Waals surface area (Å²) in [5.41, 5.74) is 10.2. The first kappa shape index (κ1) is 20.3. The number of hydrogen-bond donors (Lipinski definition) is 0. The first-order valence-electron chi connectivity index (χ1n) is 12.8. The monoisotopic (exact) mass is 445 g/mol. The number of nitrogens with zero attached hydrogens (tertiary/aromatic N) is 2. The molecule has 1 saturated carbocycles. The molecule has 3 aromatic heterocycles. The Balaban J connectivity index is 1.69. The first-order valence-corrected chi connectivity index (χ1v) is 12.8. The maximum absolute atomic E-state index is 2.58. The van der Waals surface area contributed by atoms with Gasteiger partial charge in [-0.05, 0) is 91.1 Å². The van der Waals surface area contributed by atoms with Crippen LogP contribution in [-0.2, 0) is 7.05 Å². The van der Waals surface area contributed by atoms with Crippen LogP contribution in [0.2, 0.25) is 0 Å². The third-order valence-corrected chi connectivity index (χ3v) is 9.00. The van der Waals surface area contributed by atoms with Crippen LogP contribution in [0.25, 0.3) is 49.0 Å². The SMILES string of the molecule is Cc1cc2c3ccccc3n3c4cc(C5CCC(C)(C)CC5)cc5cc[n+](C)c(c(c1C)c23)c54. The van der Waals surface area contributed by atoms with Gasteiger partial charge in [0.2, 0.25) is 5.52 Å². The minimum absolute atomic E-state index is 0.486. The minimum atomic E-state index is 0.486. The summed E-state index contributed by atoms with van der Waals surface area (Å²) in [6.45, 7) is 9.43.